The van der Waals surface area contributed by atoms with Gasteiger partial charge in [-0.2, -0.15) is 0 Å². The number of esters is 1. The average Bonchev–Trinajstić information content (AvgIpc) is 2.82. The van der Waals surface area contributed by atoms with E-state index in [9.17, 15) is 4.79 Å². The Balaban J connectivity index is 2.01. The number of imidazole rings is 1. The third-order valence-electron chi connectivity index (χ3n) is 2.73. The standard InChI is InChI=1S/C12H15N3O2/c1-17-12(16)9(13)4-2-8-3-5-10-11(6-8)15-7-14-10/h3,5-7,9H,2,4,13H2,1H3,(H,14,15). The molecule has 0 aliphatic heterocycles. The summed E-state index contributed by atoms with van der Waals surface area (Å²) < 4.78 is 4.58. The molecule has 5 nitrogen and oxygen atoms in total. The van der Waals surface area contributed by atoms with E-state index in [1.165, 1.54) is 7.11 Å². The normalized spacial score (nSPS) is 12.6. The second-order valence-corrected chi connectivity index (χ2v) is 3.92. The molecule has 0 spiro atoms. The summed E-state index contributed by atoms with van der Waals surface area (Å²) in [4.78, 5) is 18.3. The van der Waals surface area contributed by atoms with Gasteiger partial charge in [-0.25, -0.2) is 4.98 Å². The Kier molecular flexibility index (Phi) is 3.39. The Bertz CT molecular complexity index is 521. The molecular formula is C12H15N3O2. The van der Waals surface area contributed by atoms with E-state index in [-0.39, 0.29) is 5.97 Å². The van der Waals surface area contributed by atoms with Crippen molar-refractivity contribution in [3.8, 4) is 0 Å². The van der Waals surface area contributed by atoms with E-state index >= 15 is 0 Å². The molecule has 0 fully saturated rings. The maximum absolute atomic E-state index is 11.1. The molecule has 5 heteroatoms. The molecule has 0 aliphatic rings. The fourth-order valence-corrected chi connectivity index (χ4v) is 1.73. The number of carbonyl (C=O) groups is 1. The number of nitrogens with one attached hydrogen (secondary N) is 1. The van der Waals surface area contributed by atoms with E-state index < -0.39 is 6.04 Å². The zero-order valence-corrected chi connectivity index (χ0v) is 9.64. The first-order chi connectivity index (χ1) is 8.20. The number of benzene rings is 1. The van der Waals surface area contributed by atoms with Crippen LogP contribution in [0.15, 0.2) is 24.5 Å². The quantitative estimate of drug-likeness (QED) is 0.772. The number of rotatable bonds is 4. The highest BCUT2D eigenvalue weighted by Gasteiger charge is 2.13. The Labute approximate surface area is 99.0 Å². The van der Waals surface area contributed by atoms with Crippen molar-refractivity contribution in [3.63, 3.8) is 0 Å². The van der Waals surface area contributed by atoms with Gasteiger partial charge in [-0.05, 0) is 30.5 Å². The van der Waals surface area contributed by atoms with Crippen LogP contribution in [0.2, 0.25) is 0 Å². The van der Waals surface area contributed by atoms with Crippen LogP contribution in [-0.2, 0) is 16.0 Å². The highest BCUT2D eigenvalue weighted by Crippen LogP contribution is 2.13. The Morgan fingerprint density at radius 2 is 2.41 bits per heavy atom. The number of methoxy groups -OCH3 is 1. The van der Waals surface area contributed by atoms with Gasteiger partial charge >= 0.3 is 5.97 Å². The molecule has 3 N–H and O–H groups in total. The van der Waals surface area contributed by atoms with Crippen LogP contribution in [0, 0.1) is 0 Å². The van der Waals surface area contributed by atoms with Gasteiger partial charge in [-0.1, -0.05) is 6.07 Å². The summed E-state index contributed by atoms with van der Waals surface area (Å²) in [5.74, 6) is -0.368. The molecule has 2 rings (SSSR count). The molecular weight excluding hydrogens is 218 g/mol. The molecule has 2 aromatic rings. The van der Waals surface area contributed by atoms with Crippen LogP contribution >= 0.6 is 0 Å². The number of nitrogens with zero attached hydrogens (tertiary/aromatic N) is 1. The summed E-state index contributed by atoms with van der Waals surface area (Å²) >= 11 is 0. The second kappa shape index (κ2) is 4.97. The van der Waals surface area contributed by atoms with Gasteiger partial charge < -0.3 is 15.5 Å². The Morgan fingerprint density at radius 3 is 3.18 bits per heavy atom. The van der Waals surface area contributed by atoms with Gasteiger partial charge in [-0.15, -0.1) is 0 Å². The summed E-state index contributed by atoms with van der Waals surface area (Å²) in [6, 6.07) is 5.40. The van der Waals surface area contributed by atoms with Crippen molar-refractivity contribution in [2.75, 3.05) is 7.11 Å². The molecule has 17 heavy (non-hydrogen) atoms. The van der Waals surface area contributed by atoms with Crippen LogP contribution in [0.5, 0.6) is 0 Å². The van der Waals surface area contributed by atoms with E-state index in [2.05, 4.69) is 14.7 Å². The maximum Gasteiger partial charge on any atom is 0.322 e. The number of aromatic amines is 1. The lowest BCUT2D eigenvalue weighted by atomic mass is 10.1. The molecule has 0 aliphatic carbocycles. The zero-order chi connectivity index (χ0) is 12.3. The first-order valence-corrected chi connectivity index (χ1v) is 5.46. The van der Waals surface area contributed by atoms with Crippen LogP contribution < -0.4 is 5.73 Å². The molecule has 1 aromatic carbocycles. The molecule has 0 radical (unpaired) electrons. The Morgan fingerprint density at radius 1 is 1.59 bits per heavy atom. The predicted octanol–water partition coefficient (Wildman–Crippen LogP) is 0.996. The lowest BCUT2D eigenvalue weighted by Crippen LogP contribution is -2.31. The molecule has 0 saturated heterocycles. The number of aromatic nitrogens is 2. The number of ether oxygens (including phenoxy) is 1. The molecule has 90 valence electrons. The summed E-state index contributed by atoms with van der Waals surface area (Å²) in [5, 5.41) is 0. The van der Waals surface area contributed by atoms with E-state index in [0.29, 0.717) is 6.42 Å². The van der Waals surface area contributed by atoms with Crippen LogP contribution in [0.25, 0.3) is 11.0 Å². The fraction of sp³-hybridized carbons (Fsp3) is 0.333. The number of H-pyrrole nitrogens is 1. The molecule has 0 bridgehead atoms. The van der Waals surface area contributed by atoms with E-state index in [1.807, 2.05) is 18.2 Å². The molecule has 1 unspecified atom stereocenters. The molecule has 1 aromatic heterocycles. The number of fused-ring (bicyclic) bond motifs is 1. The average molecular weight is 233 g/mol. The summed E-state index contributed by atoms with van der Waals surface area (Å²) in [6.07, 6.45) is 2.98. The van der Waals surface area contributed by atoms with E-state index in [4.69, 9.17) is 5.73 Å². The first-order valence-electron chi connectivity index (χ1n) is 5.46. The maximum atomic E-state index is 11.1. The highest BCUT2D eigenvalue weighted by atomic mass is 16.5. The van der Waals surface area contributed by atoms with Gasteiger partial charge in [0.05, 0.1) is 24.5 Å². The van der Waals surface area contributed by atoms with E-state index in [0.717, 1.165) is 23.0 Å². The lowest BCUT2D eigenvalue weighted by molar-refractivity contribution is -0.142. The van der Waals surface area contributed by atoms with E-state index in [1.54, 1.807) is 6.33 Å². The monoisotopic (exact) mass is 233 g/mol. The number of nitrogens with two attached hydrogens (primary N) is 1. The van der Waals surface area contributed by atoms with Crippen molar-refractivity contribution in [2.45, 2.75) is 18.9 Å². The minimum absolute atomic E-state index is 0.368. The lowest BCUT2D eigenvalue weighted by Gasteiger charge is -2.08. The summed E-state index contributed by atoms with van der Waals surface area (Å²) in [6.45, 7) is 0. The smallest absolute Gasteiger partial charge is 0.322 e. The van der Waals surface area contributed by atoms with Gasteiger partial charge in [0, 0.05) is 0 Å². The molecule has 0 amide bonds. The van der Waals surface area contributed by atoms with Crippen molar-refractivity contribution in [2.24, 2.45) is 5.73 Å². The van der Waals surface area contributed by atoms with Crippen molar-refractivity contribution < 1.29 is 9.53 Å². The van der Waals surface area contributed by atoms with Crippen molar-refractivity contribution in [1.82, 2.24) is 9.97 Å². The third-order valence-corrected chi connectivity index (χ3v) is 2.73. The molecule has 1 heterocycles. The molecule has 0 saturated carbocycles. The second-order valence-electron chi connectivity index (χ2n) is 3.92. The van der Waals surface area contributed by atoms with Gasteiger partial charge in [0.15, 0.2) is 0 Å². The topological polar surface area (TPSA) is 81.0 Å². The van der Waals surface area contributed by atoms with Crippen LogP contribution in [0.4, 0.5) is 0 Å². The number of carbonyl (C=O) groups excluding carboxylic acids is 1. The van der Waals surface area contributed by atoms with Crippen LogP contribution in [0.1, 0.15) is 12.0 Å². The predicted molar refractivity (Wildman–Crippen MR) is 64.4 cm³/mol. The van der Waals surface area contributed by atoms with Gasteiger partial charge in [0.1, 0.15) is 6.04 Å². The highest BCUT2D eigenvalue weighted by molar-refractivity contribution is 5.76. The Hall–Kier alpha value is -1.88. The van der Waals surface area contributed by atoms with Crippen molar-refractivity contribution in [3.05, 3.63) is 30.1 Å². The number of aryl methyl sites for hydroxylation is 1. The number of hydrogen-bond donors (Lipinski definition) is 2. The summed E-state index contributed by atoms with van der Waals surface area (Å²) in [5.41, 5.74) is 8.73. The fourth-order valence-electron chi connectivity index (χ4n) is 1.73. The van der Waals surface area contributed by atoms with Crippen LogP contribution in [-0.4, -0.2) is 29.1 Å². The third kappa shape index (κ3) is 2.62. The van der Waals surface area contributed by atoms with Gasteiger partial charge in [0.2, 0.25) is 0 Å². The largest absolute Gasteiger partial charge is 0.468 e. The zero-order valence-electron chi connectivity index (χ0n) is 9.64. The SMILES string of the molecule is COC(=O)C(N)CCc1ccc2nc[nH]c2c1. The van der Waals surface area contributed by atoms with Crippen LogP contribution in [0.3, 0.4) is 0 Å². The van der Waals surface area contributed by atoms with Crippen molar-refractivity contribution >= 4 is 17.0 Å². The minimum Gasteiger partial charge on any atom is -0.468 e. The van der Waals surface area contributed by atoms with Gasteiger partial charge in [-0.3, -0.25) is 4.79 Å². The summed E-state index contributed by atoms with van der Waals surface area (Å²) in [7, 11) is 1.35. The molecule has 1 atom stereocenters. The van der Waals surface area contributed by atoms with Gasteiger partial charge in [0.25, 0.3) is 0 Å². The van der Waals surface area contributed by atoms with Crippen molar-refractivity contribution in [1.29, 1.82) is 0 Å². The minimum atomic E-state index is -0.558. The first kappa shape index (κ1) is 11.6. The number of hydrogen-bond acceptors (Lipinski definition) is 4.